The third-order valence-corrected chi connectivity index (χ3v) is 2.18. The molecule has 0 aliphatic heterocycles. The van der Waals surface area contributed by atoms with Gasteiger partial charge in [-0.3, -0.25) is 10.6 Å². The maximum Gasteiger partial charge on any atom is 0.418 e. The summed E-state index contributed by atoms with van der Waals surface area (Å²) < 4.78 is 61.8. The molecule has 4 N–H and O–H groups in total. The van der Waals surface area contributed by atoms with Crippen molar-refractivity contribution in [3.05, 3.63) is 29.3 Å². The van der Waals surface area contributed by atoms with Crippen molar-refractivity contribution in [2.24, 2.45) is 5.84 Å². The highest BCUT2D eigenvalue weighted by Crippen LogP contribution is 2.36. The van der Waals surface area contributed by atoms with Crippen molar-refractivity contribution in [3.8, 4) is 0 Å². The van der Waals surface area contributed by atoms with Gasteiger partial charge in [0.1, 0.15) is 0 Å². The molecule has 0 radical (unpaired) electrons. The first-order chi connectivity index (χ1) is 8.77. The summed E-state index contributed by atoms with van der Waals surface area (Å²) in [5, 5.41) is 1.80. The number of anilines is 1. The average molecular weight is 283 g/mol. The van der Waals surface area contributed by atoms with Crippen LogP contribution in [0.2, 0.25) is 0 Å². The molecule has 0 heterocycles. The van der Waals surface area contributed by atoms with Crippen LogP contribution < -0.4 is 16.6 Å². The number of hydrazine groups is 1. The number of amides is 1. The molecule has 0 saturated carbocycles. The van der Waals surface area contributed by atoms with Crippen LogP contribution in [0, 0.1) is 0 Å². The van der Waals surface area contributed by atoms with Gasteiger partial charge in [0.05, 0.1) is 23.4 Å². The van der Waals surface area contributed by atoms with Crippen LogP contribution in [0.25, 0.3) is 0 Å². The molecule has 4 nitrogen and oxygen atoms in total. The van der Waals surface area contributed by atoms with E-state index in [0.29, 0.717) is 0 Å². The van der Waals surface area contributed by atoms with E-state index in [1.807, 2.05) is 0 Å². The average Bonchev–Trinajstić information content (AvgIpc) is 2.33. The van der Waals surface area contributed by atoms with Gasteiger partial charge in [-0.2, -0.15) is 13.2 Å². The van der Waals surface area contributed by atoms with Crippen LogP contribution in [0.5, 0.6) is 0 Å². The summed E-state index contributed by atoms with van der Waals surface area (Å²) >= 11 is 0. The molecule has 0 aliphatic carbocycles. The second-order valence-electron chi connectivity index (χ2n) is 3.47. The standard InChI is InChI=1S/C10H10F5N3O/c11-7(12)4-17-9(19)5-2-1-3-6(8(5)18-16)10(13,14)15/h1-3,7,18H,4,16H2,(H,17,19). The maximum absolute atomic E-state index is 12.6. The van der Waals surface area contributed by atoms with Crippen LogP contribution in [0.15, 0.2) is 18.2 Å². The molecule has 19 heavy (non-hydrogen) atoms. The van der Waals surface area contributed by atoms with Crippen molar-refractivity contribution < 1.29 is 26.7 Å². The summed E-state index contributed by atoms with van der Waals surface area (Å²) in [6.07, 6.45) is -7.52. The lowest BCUT2D eigenvalue weighted by Gasteiger charge is -2.15. The summed E-state index contributed by atoms with van der Waals surface area (Å²) in [6, 6.07) is 2.76. The lowest BCUT2D eigenvalue weighted by atomic mass is 10.1. The van der Waals surface area contributed by atoms with Crippen LogP contribution in [-0.4, -0.2) is 18.9 Å². The Kier molecular flexibility index (Phi) is 4.65. The first-order valence-electron chi connectivity index (χ1n) is 5.00. The minimum atomic E-state index is -4.72. The molecule has 0 bridgehead atoms. The Morgan fingerprint density at radius 2 is 1.95 bits per heavy atom. The van der Waals surface area contributed by atoms with Crippen molar-refractivity contribution in [1.29, 1.82) is 0 Å². The fourth-order valence-electron chi connectivity index (χ4n) is 1.40. The Balaban J connectivity index is 3.11. The van der Waals surface area contributed by atoms with E-state index in [2.05, 4.69) is 0 Å². The largest absolute Gasteiger partial charge is 0.418 e. The van der Waals surface area contributed by atoms with Crippen molar-refractivity contribution in [3.63, 3.8) is 0 Å². The molecular weight excluding hydrogens is 273 g/mol. The third-order valence-electron chi connectivity index (χ3n) is 2.18. The van der Waals surface area contributed by atoms with Crippen LogP contribution in [-0.2, 0) is 6.18 Å². The summed E-state index contributed by atoms with van der Waals surface area (Å²) in [6.45, 7) is -0.959. The Morgan fingerprint density at radius 1 is 1.32 bits per heavy atom. The minimum Gasteiger partial charge on any atom is -0.346 e. The number of nitrogens with two attached hydrogens (primary N) is 1. The predicted octanol–water partition coefficient (Wildman–Crippen LogP) is 1.99. The van der Waals surface area contributed by atoms with E-state index in [4.69, 9.17) is 5.84 Å². The number of nitrogens with one attached hydrogen (secondary N) is 2. The van der Waals surface area contributed by atoms with Crippen molar-refractivity contribution in [2.45, 2.75) is 12.6 Å². The molecule has 1 aromatic rings. The van der Waals surface area contributed by atoms with Gasteiger partial charge in [0.15, 0.2) is 0 Å². The van der Waals surface area contributed by atoms with Gasteiger partial charge in [0.25, 0.3) is 12.3 Å². The van der Waals surface area contributed by atoms with Gasteiger partial charge in [-0.25, -0.2) is 8.78 Å². The number of hydrogen-bond acceptors (Lipinski definition) is 3. The van der Waals surface area contributed by atoms with Crippen LogP contribution >= 0.6 is 0 Å². The molecule has 0 saturated heterocycles. The molecule has 0 atom stereocenters. The molecule has 0 fully saturated rings. The second-order valence-corrected chi connectivity index (χ2v) is 3.47. The fourth-order valence-corrected chi connectivity index (χ4v) is 1.40. The van der Waals surface area contributed by atoms with Gasteiger partial charge in [0.2, 0.25) is 0 Å². The van der Waals surface area contributed by atoms with Crippen molar-refractivity contribution in [1.82, 2.24) is 5.32 Å². The van der Waals surface area contributed by atoms with Crippen molar-refractivity contribution in [2.75, 3.05) is 12.0 Å². The highest BCUT2D eigenvalue weighted by atomic mass is 19.4. The van der Waals surface area contributed by atoms with Crippen LogP contribution in [0.1, 0.15) is 15.9 Å². The molecule has 0 aliphatic rings. The Labute approximate surface area is 104 Å². The summed E-state index contributed by atoms with van der Waals surface area (Å²) in [5.41, 5.74) is -0.507. The van der Waals surface area contributed by atoms with E-state index < -0.39 is 41.9 Å². The van der Waals surface area contributed by atoms with Gasteiger partial charge >= 0.3 is 6.18 Å². The lowest BCUT2D eigenvalue weighted by Crippen LogP contribution is -2.30. The fraction of sp³-hybridized carbons (Fsp3) is 0.300. The summed E-state index contributed by atoms with van der Waals surface area (Å²) in [4.78, 5) is 11.5. The number of carbonyl (C=O) groups excluding carboxylic acids is 1. The third kappa shape index (κ3) is 3.78. The molecule has 0 unspecified atom stereocenters. The van der Waals surface area contributed by atoms with E-state index in [1.54, 1.807) is 10.7 Å². The van der Waals surface area contributed by atoms with E-state index in [0.717, 1.165) is 18.2 Å². The topological polar surface area (TPSA) is 67.1 Å². The van der Waals surface area contributed by atoms with Gasteiger partial charge < -0.3 is 10.7 Å². The highest BCUT2D eigenvalue weighted by Gasteiger charge is 2.35. The first-order valence-corrected chi connectivity index (χ1v) is 5.00. The SMILES string of the molecule is NNc1c(C(=O)NCC(F)F)cccc1C(F)(F)F. The number of rotatable bonds is 4. The number of nitrogen functional groups attached to an aromatic ring is 1. The number of alkyl halides is 5. The Morgan fingerprint density at radius 3 is 2.42 bits per heavy atom. The zero-order chi connectivity index (χ0) is 14.6. The molecule has 9 heteroatoms. The molecule has 1 aromatic carbocycles. The van der Waals surface area contributed by atoms with Gasteiger partial charge in [-0.15, -0.1) is 0 Å². The zero-order valence-corrected chi connectivity index (χ0v) is 9.39. The number of carbonyl (C=O) groups is 1. The zero-order valence-electron chi connectivity index (χ0n) is 9.39. The predicted molar refractivity (Wildman–Crippen MR) is 57.6 cm³/mol. The molecule has 0 aromatic heterocycles. The minimum absolute atomic E-state index is 0.460. The van der Waals surface area contributed by atoms with E-state index in [1.165, 1.54) is 0 Å². The van der Waals surface area contributed by atoms with Crippen molar-refractivity contribution >= 4 is 11.6 Å². The highest BCUT2D eigenvalue weighted by molar-refractivity contribution is 6.00. The molecule has 1 amide bonds. The molecule has 0 spiro atoms. The quantitative estimate of drug-likeness (QED) is 0.450. The lowest BCUT2D eigenvalue weighted by molar-refractivity contribution is -0.137. The Hall–Kier alpha value is -1.90. The monoisotopic (exact) mass is 283 g/mol. The number of hydrogen-bond donors (Lipinski definition) is 3. The van der Waals surface area contributed by atoms with E-state index >= 15 is 0 Å². The maximum atomic E-state index is 12.6. The first kappa shape index (κ1) is 15.2. The number of benzene rings is 1. The van der Waals surface area contributed by atoms with Crippen LogP contribution in [0.4, 0.5) is 27.6 Å². The van der Waals surface area contributed by atoms with Gasteiger partial charge in [0, 0.05) is 0 Å². The Bertz CT molecular complexity index is 461. The van der Waals surface area contributed by atoms with Gasteiger partial charge in [-0.05, 0) is 12.1 Å². The number of para-hydroxylation sites is 1. The normalized spacial score (nSPS) is 11.5. The molecule has 1 rings (SSSR count). The number of halogens is 5. The summed E-state index contributed by atoms with van der Waals surface area (Å²) in [5.74, 6) is 3.89. The molecule has 106 valence electrons. The van der Waals surface area contributed by atoms with E-state index in [9.17, 15) is 26.7 Å². The molecular formula is C10H10F5N3O. The smallest absolute Gasteiger partial charge is 0.346 e. The summed E-state index contributed by atoms with van der Waals surface area (Å²) in [7, 11) is 0. The van der Waals surface area contributed by atoms with Crippen LogP contribution in [0.3, 0.4) is 0 Å². The second kappa shape index (κ2) is 5.83. The van der Waals surface area contributed by atoms with E-state index in [-0.39, 0.29) is 0 Å². The van der Waals surface area contributed by atoms with Gasteiger partial charge in [-0.1, -0.05) is 6.07 Å².